The van der Waals surface area contributed by atoms with E-state index in [0.717, 1.165) is 12.1 Å². The minimum atomic E-state index is -4.40. The third-order valence-corrected chi connectivity index (χ3v) is 3.51. The Labute approximate surface area is 152 Å². The van der Waals surface area contributed by atoms with Crippen molar-refractivity contribution in [2.45, 2.75) is 12.6 Å². The highest BCUT2D eigenvalue weighted by Crippen LogP contribution is 2.29. The van der Waals surface area contributed by atoms with E-state index in [1.807, 2.05) is 18.2 Å². The fraction of sp³-hybridized carbons (Fsp3) is 0.105. The van der Waals surface area contributed by atoms with E-state index in [9.17, 15) is 18.0 Å². The summed E-state index contributed by atoms with van der Waals surface area (Å²) in [5, 5.41) is 2.58. The Morgan fingerprint density at radius 1 is 0.963 bits per heavy atom. The summed E-state index contributed by atoms with van der Waals surface area (Å²) in [5.41, 5.74) is 0.0619. The summed E-state index contributed by atoms with van der Waals surface area (Å²) >= 11 is 0. The number of ether oxygens (including phenoxy) is 1. The quantitative estimate of drug-likeness (QED) is 0.717. The minimum absolute atomic E-state index is 0.0690. The topological polar surface area (TPSA) is 64.1 Å². The Morgan fingerprint density at radius 2 is 1.59 bits per heavy atom. The summed E-state index contributed by atoms with van der Waals surface area (Å²) in [7, 11) is 0. The van der Waals surface area contributed by atoms with Crippen molar-refractivity contribution in [3.8, 4) is 11.8 Å². The summed E-state index contributed by atoms with van der Waals surface area (Å²) in [5.74, 6) is 0.187. The molecular formula is C19H14F3N3O2. The van der Waals surface area contributed by atoms with Gasteiger partial charge < -0.3 is 10.1 Å². The number of anilines is 1. The minimum Gasteiger partial charge on any atom is -0.424 e. The van der Waals surface area contributed by atoms with Crippen molar-refractivity contribution >= 4 is 11.6 Å². The van der Waals surface area contributed by atoms with Crippen molar-refractivity contribution in [3.63, 3.8) is 0 Å². The summed E-state index contributed by atoms with van der Waals surface area (Å²) in [6.45, 7) is 0. The largest absolute Gasteiger partial charge is 0.424 e. The van der Waals surface area contributed by atoms with Crippen LogP contribution in [-0.2, 0) is 17.4 Å². The lowest BCUT2D eigenvalue weighted by molar-refractivity contribution is -0.137. The molecule has 5 nitrogen and oxygen atoms in total. The second-order valence-corrected chi connectivity index (χ2v) is 5.59. The zero-order chi connectivity index (χ0) is 19.3. The highest BCUT2D eigenvalue weighted by atomic mass is 19.4. The van der Waals surface area contributed by atoms with Crippen LogP contribution in [0.5, 0.6) is 11.8 Å². The van der Waals surface area contributed by atoms with Crippen LogP contribution in [0.25, 0.3) is 0 Å². The van der Waals surface area contributed by atoms with Gasteiger partial charge in [0.1, 0.15) is 5.75 Å². The number of para-hydroxylation sites is 1. The molecule has 0 spiro atoms. The predicted octanol–water partition coefficient (Wildman–Crippen LogP) is 4.47. The van der Waals surface area contributed by atoms with Gasteiger partial charge in [-0.3, -0.25) is 4.79 Å². The van der Waals surface area contributed by atoms with Gasteiger partial charge in [-0.25, -0.2) is 9.97 Å². The smallest absolute Gasteiger partial charge is 0.416 e. The first-order chi connectivity index (χ1) is 12.9. The number of benzene rings is 2. The van der Waals surface area contributed by atoms with E-state index in [2.05, 4.69) is 15.3 Å². The van der Waals surface area contributed by atoms with Crippen LogP contribution in [0.15, 0.2) is 67.0 Å². The van der Waals surface area contributed by atoms with E-state index in [0.29, 0.717) is 17.0 Å². The molecule has 0 radical (unpaired) electrons. The van der Waals surface area contributed by atoms with Crippen LogP contribution in [0.4, 0.5) is 18.9 Å². The highest BCUT2D eigenvalue weighted by Gasteiger charge is 2.29. The van der Waals surface area contributed by atoms with E-state index in [4.69, 9.17) is 4.74 Å². The molecular weight excluding hydrogens is 359 g/mol. The van der Waals surface area contributed by atoms with E-state index < -0.39 is 17.6 Å². The fourth-order valence-electron chi connectivity index (χ4n) is 2.23. The summed E-state index contributed by atoms with van der Waals surface area (Å²) in [6, 6.07) is 13.5. The molecule has 0 aliphatic heterocycles. The number of carbonyl (C=O) groups excluding carboxylic acids is 1. The van der Waals surface area contributed by atoms with Crippen LogP contribution >= 0.6 is 0 Å². The molecule has 138 valence electrons. The first kappa shape index (κ1) is 18.4. The van der Waals surface area contributed by atoms with Gasteiger partial charge in [-0.05, 0) is 29.8 Å². The fourth-order valence-corrected chi connectivity index (χ4v) is 2.23. The molecule has 1 amide bonds. The van der Waals surface area contributed by atoms with Gasteiger partial charge >= 0.3 is 12.2 Å². The van der Waals surface area contributed by atoms with Crippen LogP contribution in [0, 0.1) is 0 Å². The average Bonchev–Trinajstić information content (AvgIpc) is 2.64. The predicted molar refractivity (Wildman–Crippen MR) is 92.3 cm³/mol. The standard InChI is InChI=1S/C19H14F3N3O2/c20-19(21,22)14-8-6-13(7-9-14)10-17(26)25-15-11-23-18(24-12-15)27-16-4-2-1-3-5-16/h1-9,11-12H,10H2,(H,25,26). The molecule has 0 saturated carbocycles. The SMILES string of the molecule is O=C(Cc1ccc(C(F)(F)F)cc1)Nc1cnc(Oc2ccccc2)nc1. The first-order valence-electron chi connectivity index (χ1n) is 7.91. The molecule has 1 N–H and O–H groups in total. The Kier molecular flexibility index (Phi) is 5.35. The molecule has 1 heterocycles. The molecule has 3 rings (SSSR count). The Balaban J connectivity index is 1.56. The van der Waals surface area contributed by atoms with E-state index >= 15 is 0 Å². The van der Waals surface area contributed by atoms with Crippen LogP contribution in [0.2, 0.25) is 0 Å². The molecule has 27 heavy (non-hydrogen) atoms. The lowest BCUT2D eigenvalue weighted by atomic mass is 10.1. The van der Waals surface area contributed by atoms with Crippen molar-refractivity contribution in [1.82, 2.24) is 9.97 Å². The highest BCUT2D eigenvalue weighted by molar-refractivity contribution is 5.91. The number of amides is 1. The molecule has 1 aromatic heterocycles. The van der Waals surface area contributed by atoms with Gasteiger partial charge in [-0.1, -0.05) is 30.3 Å². The third-order valence-electron chi connectivity index (χ3n) is 3.51. The first-order valence-corrected chi connectivity index (χ1v) is 7.91. The number of carbonyl (C=O) groups is 1. The van der Waals surface area contributed by atoms with E-state index in [-0.39, 0.29) is 12.4 Å². The number of hydrogen-bond acceptors (Lipinski definition) is 4. The van der Waals surface area contributed by atoms with Crippen molar-refractivity contribution in [2.24, 2.45) is 0 Å². The van der Waals surface area contributed by atoms with Crippen LogP contribution < -0.4 is 10.1 Å². The van der Waals surface area contributed by atoms with Gasteiger partial charge in [0.25, 0.3) is 0 Å². The third kappa shape index (κ3) is 5.27. The van der Waals surface area contributed by atoms with E-state index in [1.165, 1.54) is 24.5 Å². The summed E-state index contributed by atoms with van der Waals surface area (Å²) < 4.78 is 43.1. The molecule has 3 aromatic rings. The van der Waals surface area contributed by atoms with Crippen molar-refractivity contribution in [1.29, 1.82) is 0 Å². The average molecular weight is 373 g/mol. The zero-order valence-electron chi connectivity index (χ0n) is 13.9. The Morgan fingerprint density at radius 3 is 2.19 bits per heavy atom. The Hall–Kier alpha value is -3.42. The summed E-state index contributed by atoms with van der Waals surface area (Å²) in [4.78, 5) is 20.0. The lowest BCUT2D eigenvalue weighted by Gasteiger charge is -2.08. The van der Waals surface area contributed by atoms with Gasteiger partial charge in [0.05, 0.1) is 30.1 Å². The van der Waals surface area contributed by atoms with Crippen molar-refractivity contribution in [2.75, 3.05) is 5.32 Å². The monoisotopic (exact) mass is 373 g/mol. The van der Waals surface area contributed by atoms with Crippen molar-refractivity contribution in [3.05, 3.63) is 78.1 Å². The van der Waals surface area contributed by atoms with E-state index in [1.54, 1.807) is 12.1 Å². The van der Waals surface area contributed by atoms with Gasteiger partial charge in [0.15, 0.2) is 0 Å². The van der Waals surface area contributed by atoms with Gasteiger partial charge in [0.2, 0.25) is 5.91 Å². The van der Waals surface area contributed by atoms with Crippen molar-refractivity contribution < 1.29 is 22.7 Å². The Bertz CT molecular complexity index is 896. The molecule has 0 aliphatic rings. The van der Waals surface area contributed by atoms with Crippen LogP contribution in [0.1, 0.15) is 11.1 Å². The number of nitrogens with one attached hydrogen (secondary N) is 1. The lowest BCUT2D eigenvalue weighted by Crippen LogP contribution is -2.15. The second-order valence-electron chi connectivity index (χ2n) is 5.59. The van der Waals surface area contributed by atoms with Crippen LogP contribution in [-0.4, -0.2) is 15.9 Å². The molecule has 0 bridgehead atoms. The normalized spacial score (nSPS) is 11.1. The molecule has 0 aliphatic carbocycles. The maximum absolute atomic E-state index is 12.5. The second kappa shape index (κ2) is 7.86. The van der Waals surface area contributed by atoms with Gasteiger partial charge in [0, 0.05) is 0 Å². The maximum atomic E-state index is 12.5. The summed E-state index contributed by atoms with van der Waals surface area (Å²) in [6.07, 6.45) is -1.70. The number of nitrogens with zero attached hydrogens (tertiary/aromatic N) is 2. The number of aromatic nitrogens is 2. The van der Waals surface area contributed by atoms with Gasteiger partial charge in [-0.15, -0.1) is 0 Å². The van der Waals surface area contributed by atoms with Gasteiger partial charge in [-0.2, -0.15) is 13.2 Å². The molecule has 8 heteroatoms. The number of halogens is 3. The number of alkyl halides is 3. The molecule has 0 fully saturated rings. The molecule has 0 unspecified atom stereocenters. The molecule has 0 saturated heterocycles. The molecule has 0 atom stereocenters. The van der Waals surface area contributed by atoms with Crippen LogP contribution in [0.3, 0.4) is 0 Å². The molecule has 2 aromatic carbocycles. The zero-order valence-corrected chi connectivity index (χ0v) is 13.9. The maximum Gasteiger partial charge on any atom is 0.416 e. The number of rotatable bonds is 5. The number of hydrogen-bond donors (Lipinski definition) is 1.